The zero-order valence-electron chi connectivity index (χ0n) is 15.3. The summed E-state index contributed by atoms with van der Waals surface area (Å²) in [4.78, 5) is 11.6. The highest BCUT2D eigenvalue weighted by molar-refractivity contribution is 5.92. The SMILES string of the molecule is NC(=O)c1cccc(C23CCCC(CCc4ccccc4)(C2)NCC3)c1. The maximum absolute atomic E-state index is 11.6. The Balaban J connectivity index is 1.58. The van der Waals surface area contributed by atoms with Gasteiger partial charge in [0.2, 0.25) is 5.91 Å². The first kappa shape index (κ1) is 17.3. The zero-order chi connectivity index (χ0) is 18.0. The lowest BCUT2D eigenvalue weighted by Gasteiger charge is -2.53. The lowest BCUT2D eigenvalue weighted by molar-refractivity contribution is 0.0913. The highest BCUT2D eigenvalue weighted by Crippen LogP contribution is 2.50. The molecule has 3 N–H and O–H groups in total. The molecule has 1 aliphatic heterocycles. The number of piperidine rings is 1. The highest BCUT2D eigenvalue weighted by Gasteiger charge is 2.48. The lowest BCUT2D eigenvalue weighted by atomic mass is 9.58. The third kappa shape index (κ3) is 3.28. The molecule has 0 aromatic heterocycles. The summed E-state index contributed by atoms with van der Waals surface area (Å²) in [6.45, 7) is 1.05. The molecule has 2 atom stereocenters. The molecule has 1 heterocycles. The topological polar surface area (TPSA) is 55.1 Å². The van der Waals surface area contributed by atoms with E-state index in [0.717, 1.165) is 25.8 Å². The molecule has 0 spiro atoms. The highest BCUT2D eigenvalue weighted by atomic mass is 16.1. The monoisotopic (exact) mass is 348 g/mol. The number of amides is 1. The summed E-state index contributed by atoms with van der Waals surface area (Å²) in [5.41, 5.74) is 9.29. The van der Waals surface area contributed by atoms with E-state index in [0.29, 0.717) is 5.56 Å². The van der Waals surface area contributed by atoms with Crippen LogP contribution >= 0.6 is 0 Å². The molecule has 2 aromatic carbocycles. The summed E-state index contributed by atoms with van der Waals surface area (Å²) in [7, 11) is 0. The number of fused-ring (bicyclic) bond motifs is 2. The van der Waals surface area contributed by atoms with Gasteiger partial charge in [-0.05, 0) is 73.7 Å². The van der Waals surface area contributed by atoms with Crippen LogP contribution in [0.5, 0.6) is 0 Å². The van der Waals surface area contributed by atoms with E-state index in [1.54, 1.807) is 0 Å². The minimum Gasteiger partial charge on any atom is -0.366 e. The van der Waals surface area contributed by atoms with Gasteiger partial charge in [-0.15, -0.1) is 0 Å². The van der Waals surface area contributed by atoms with E-state index in [9.17, 15) is 4.79 Å². The Morgan fingerprint density at radius 3 is 2.69 bits per heavy atom. The van der Waals surface area contributed by atoms with Gasteiger partial charge in [-0.1, -0.05) is 48.9 Å². The number of benzene rings is 2. The molecular weight excluding hydrogens is 320 g/mol. The Bertz CT molecular complexity index is 774. The third-order valence-corrected chi connectivity index (χ3v) is 6.59. The van der Waals surface area contributed by atoms with Crippen molar-refractivity contribution < 1.29 is 4.79 Å². The number of rotatable bonds is 5. The van der Waals surface area contributed by atoms with Crippen LogP contribution in [0.4, 0.5) is 0 Å². The molecule has 136 valence electrons. The molecule has 0 radical (unpaired) electrons. The molecule has 2 fully saturated rings. The molecule has 1 saturated carbocycles. The second-order valence-corrected chi connectivity index (χ2v) is 8.20. The van der Waals surface area contributed by atoms with Crippen molar-refractivity contribution in [2.75, 3.05) is 6.54 Å². The van der Waals surface area contributed by atoms with Gasteiger partial charge in [0.25, 0.3) is 0 Å². The third-order valence-electron chi connectivity index (χ3n) is 6.59. The standard InChI is InChI=1S/C23H28N2O/c24-21(26)19-8-4-9-20(16-19)22-11-5-12-23(17-22,25-15-14-22)13-10-18-6-2-1-3-7-18/h1-4,6-9,16,25H,5,10-15,17H2,(H2,24,26). The lowest BCUT2D eigenvalue weighted by Crippen LogP contribution is -2.59. The Morgan fingerprint density at radius 1 is 1.04 bits per heavy atom. The maximum Gasteiger partial charge on any atom is 0.248 e. The summed E-state index contributed by atoms with van der Waals surface area (Å²) in [6, 6.07) is 18.9. The predicted molar refractivity (Wildman–Crippen MR) is 105 cm³/mol. The molecule has 1 amide bonds. The molecule has 1 aliphatic carbocycles. The smallest absolute Gasteiger partial charge is 0.248 e. The predicted octanol–water partition coefficient (Wildman–Crippen LogP) is 3.96. The van der Waals surface area contributed by atoms with E-state index in [4.69, 9.17) is 5.73 Å². The molecule has 1 saturated heterocycles. The van der Waals surface area contributed by atoms with Crippen LogP contribution < -0.4 is 11.1 Å². The summed E-state index contributed by atoms with van der Waals surface area (Å²) in [5.74, 6) is -0.330. The van der Waals surface area contributed by atoms with Crippen molar-refractivity contribution in [2.24, 2.45) is 5.73 Å². The Hall–Kier alpha value is -2.13. The number of carbonyl (C=O) groups excluding carboxylic acids is 1. The van der Waals surface area contributed by atoms with Crippen molar-refractivity contribution in [3.8, 4) is 0 Å². The van der Waals surface area contributed by atoms with Crippen LogP contribution in [0.15, 0.2) is 54.6 Å². The van der Waals surface area contributed by atoms with E-state index in [2.05, 4.69) is 41.7 Å². The first-order chi connectivity index (χ1) is 12.6. The number of aryl methyl sites for hydroxylation is 1. The molecule has 2 aliphatic rings. The quantitative estimate of drug-likeness (QED) is 0.859. The van der Waals surface area contributed by atoms with Gasteiger partial charge in [0.15, 0.2) is 0 Å². The van der Waals surface area contributed by atoms with Crippen molar-refractivity contribution in [2.45, 2.75) is 55.9 Å². The maximum atomic E-state index is 11.6. The van der Waals surface area contributed by atoms with E-state index in [1.807, 2.05) is 18.2 Å². The minimum atomic E-state index is -0.330. The van der Waals surface area contributed by atoms with Gasteiger partial charge in [0.05, 0.1) is 0 Å². The summed E-state index contributed by atoms with van der Waals surface area (Å²) in [6.07, 6.45) is 8.29. The fourth-order valence-corrected chi connectivity index (χ4v) is 5.24. The number of nitrogens with two attached hydrogens (primary N) is 1. The van der Waals surface area contributed by atoms with Crippen molar-refractivity contribution in [3.05, 3.63) is 71.3 Å². The molecule has 2 unspecified atom stereocenters. The Kier molecular flexibility index (Phi) is 4.58. The normalized spacial score (nSPS) is 27.8. The molecule has 3 nitrogen and oxygen atoms in total. The van der Waals surface area contributed by atoms with Crippen LogP contribution in [0.2, 0.25) is 0 Å². The largest absolute Gasteiger partial charge is 0.366 e. The summed E-state index contributed by atoms with van der Waals surface area (Å²) >= 11 is 0. The molecule has 2 aromatic rings. The second kappa shape index (κ2) is 6.88. The van der Waals surface area contributed by atoms with Gasteiger partial charge in [-0.25, -0.2) is 0 Å². The van der Waals surface area contributed by atoms with Crippen LogP contribution in [0, 0.1) is 0 Å². The fourth-order valence-electron chi connectivity index (χ4n) is 5.24. The number of primary amides is 1. The van der Waals surface area contributed by atoms with Gasteiger partial charge in [-0.3, -0.25) is 4.79 Å². The fraction of sp³-hybridized carbons (Fsp3) is 0.435. The van der Waals surface area contributed by atoms with Crippen LogP contribution in [0.1, 0.15) is 60.0 Å². The van der Waals surface area contributed by atoms with Gasteiger partial charge >= 0.3 is 0 Å². The summed E-state index contributed by atoms with van der Waals surface area (Å²) < 4.78 is 0. The van der Waals surface area contributed by atoms with Crippen molar-refractivity contribution >= 4 is 5.91 Å². The molecule has 26 heavy (non-hydrogen) atoms. The second-order valence-electron chi connectivity index (χ2n) is 8.20. The van der Waals surface area contributed by atoms with Crippen molar-refractivity contribution in [1.82, 2.24) is 5.32 Å². The molecule has 2 bridgehead atoms. The average Bonchev–Trinajstić information content (AvgIpc) is 2.67. The Morgan fingerprint density at radius 2 is 1.88 bits per heavy atom. The van der Waals surface area contributed by atoms with Gasteiger partial charge in [0, 0.05) is 11.1 Å². The first-order valence-corrected chi connectivity index (χ1v) is 9.80. The molecule has 4 rings (SSSR count). The van der Waals surface area contributed by atoms with Crippen LogP contribution in [0.25, 0.3) is 0 Å². The van der Waals surface area contributed by atoms with E-state index in [1.165, 1.54) is 36.8 Å². The zero-order valence-corrected chi connectivity index (χ0v) is 15.3. The van der Waals surface area contributed by atoms with Crippen LogP contribution in [0.3, 0.4) is 0 Å². The van der Waals surface area contributed by atoms with E-state index < -0.39 is 0 Å². The minimum absolute atomic E-state index is 0.186. The Labute approximate surface area is 156 Å². The molecule has 3 heteroatoms. The average molecular weight is 348 g/mol. The van der Waals surface area contributed by atoms with Gasteiger partial charge in [0.1, 0.15) is 0 Å². The molecular formula is C23H28N2O. The first-order valence-electron chi connectivity index (χ1n) is 9.80. The summed E-state index contributed by atoms with van der Waals surface area (Å²) in [5, 5.41) is 3.87. The van der Waals surface area contributed by atoms with Crippen molar-refractivity contribution in [3.63, 3.8) is 0 Å². The van der Waals surface area contributed by atoms with Gasteiger partial charge < -0.3 is 11.1 Å². The number of carbonyl (C=O) groups is 1. The van der Waals surface area contributed by atoms with Gasteiger partial charge in [-0.2, -0.15) is 0 Å². The number of hydrogen-bond acceptors (Lipinski definition) is 2. The van der Waals surface area contributed by atoms with E-state index in [-0.39, 0.29) is 16.9 Å². The van der Waals surface area contributed by atoms with E-state index >= 15 is 0 Å². The number of nitrogens with one attached hydrogen (secondary N) is 1. The van der Waals surface area contributed by atoms with Crippen LogP contribution in [-0.2, 0) is 11.8 Å². The number of hydrogen-bond donors (Lipinski definition) is 2. The van der Waals surface area contributed by atoms with Crippen LogP contribution in [-0.4, -0.2) is 18.0 Å². The van der Waals surface area contributed by atoms with Crippen molar-refractivity contribution in [1.29, 1.82) is 0 Å².